The highest BCUT2D eigenvalue weighted by molar-refractivity contribution is 5.92. The quantitative estimate of drug-likeness (QED) is 0.663. The second kappa shape index (κ2) is 5.80. The summed E-state index contributed by atoms with van der Waals surface area (Å²) < 4.78 is 0. The lowest BCUT2D eigenvalue weighted by Crippen LogP contribution is -2.02. The number of aromatic amines is 1. The van der Waals surface area contributed by atoms with Crippen molar-refractivity contribution in [3.05, 3.63) is 36.3 Å². The van der Waals surface area contributed by atoms with Gasteiger partial charge >= 0.3 is 5.97 Å². The van der Waals surface area contributed by atoms with E-state index in [0.29, 0.717) is 18.5 Å². The van der Waals surface area contributed by atoms with Gasteiger partial charge in [-0.05, 0) is 31.0 Å². The molecule has 0 saturated carbocycles. The lowest BCUT2D eigenvalue weighted by atomic mass is 10.1. The van der Waals surface area contributed by atoms with Gasteiger partial charge in [0, 0.05) is 35.5 Å². The molecule has 3 heterocycles. The first kappa shape index (κ1) is 14.0. The van der Waals surface area contributed by atoms with E-state index < -0.39 is 5.97 Å². The van der Waals surface area contributed by atoms with Crippen LogP contribution in [0.4, 0.5) is 5.95 Å². The summed E-state index contributed by atoms with van der Waals surface area (Å²) in [6.07, 6.45) is 4.72. The van der Waals surface area contributed by atoms with Crippen LogP contribution in [0.25, 0.3) is 22.3 Å². The fourth-order valence-electron chi connectivity index (χ4n) is 2.37. The average Bonchev–Trinajstić information content (AvgIpc) is 2.90. The van der Waals surface area contributed by atoms with Crippen LogP contribution in [0.15, 0.2) is 30.6 Å². The second-order valence-corrected chi connectivity index (χ2v) is 4.95. The molecule has 0 aliphatic carbocycles. The maximum Gasteiger partial charge on any atom is 0.303 e. The van der Waals surface area contributed by atoms with Gasteiger partial charge in [0.25, 0.3) is 0 Å². The Morgan fingerprint density at radius 2 is 2.23 bits per heavy atom. The number of rotatable bonds is 5. The summed E-state index contributed by atoms with van der Waals surface area (Å²) in [6.45, 7) is 0. The summed E-state index contributed by atoms with van der Waals surface area (Å²) in [5, 5.41) is 9.66. The molecule has 0 fully saturated rings. The topological polar surface area (TPSA) is 118 Å². The van der Waals surface area contributed by atoms with Crippen LogP contribution >= 0.6 is 0 Å². The molecule has 0 aromatic carbocycles. The van der Waals surface area contributed by atoms with Crippen LogP contribution in [0.5, 0.6) is 0 Å². The van der Waals surface area contributed by atoms with Gasteiger partial charge in [-0.25, -0.2) is 15.0 Å². The number of H-pyrrole nitrogens is 1. The van der Waals surface area contributed by atoms with E-state index in [0.717, 1.165) is 22.3 Å². The van der Waals surface area contributed by atoms with Crippen LogP contribution < -0.4 is 5.73 Å². The zero-order valence-corrected chi connectivity index (χ0v) is 11.8. The Morgan fingerprint density at radius 1 is 1.36 bits per heavy atom. The minimum atomic E-state index is -0.815. The number of fused-ring (bicyclic) bond motifs is 1. The summed E-state index contributed by atoms with van der Waals surface area (Å²) in [5.74, 6) is -0.633. The number of carboxylic acids is 1. The summed E-state index contributed by atoms with van der Waals surface area (Å²) in [6, 6.07) is 5.66. The van der Waals surface area contributed by atoms with E-state index in [4.69, 9.17) is 10.8 Å². The van der Waals surface area contributed by atoms with Crippen LogP contribution in [0.2, 0.25) is 0 Å². The van der Waals surface area contributed by atoms with E-state index in [2.05, 4.69) is 19.9 Å². The van der Waals surface area contributed by atoms with Gasteiger partial charge in [-0.1, -0.05) is 0 Å². The van der Waals surface area contributed by atoms with Gasteiger partial charge in [0.1, 0.15) is 5.65 Å². The summed E-state index contributed by atoms with van der Waals surface area (Å²) in [7, 11) is 0. The molecule has 0 amide bonds. The van der Waals surface area contributed by atoms with E-state index in [-0.39, 0.29) is 12.4 Å². The molecule has 0 saturated heterocycles. The van der Waals surface area contributed by atoms with Crippen LogP contribution in [0, 0.1) is 0 Å². The number of nitrogens with zero attached hydrogens (tertiary/aromatic N) is 3. The van der Waals surface area contributed by atoms with Gasteiger partial charge in [0.15, 0.2) is 0 Å². The van der Waals surface area contributed by atoms with Crippen molar-refractivity contribution in [2.75, 3.05) is 5.73 Å². The molecule has 4 N–H and O–H groups in total. The first-order valence-corrected chi connectivity index (χ1v) is 6.91. The molecule has 0 aliphatic rings. The number of hydrogen-bond donors (Lipinski definition) is 3. The number of nitrogens with one attached hydrogen (secondary N) is 1. The van der Waals surface area contributed by atoms with Crippen LogP contribution in [0.1, 0.15) is 18.5 Å². The van der Waals surface area contributed by atoms with E-state index in [1.54, 1.807) is 6.20 Å². The normalized spacial score (nSPS) is 10.9. The van der Waals surface area contributed by atoms with Gasteiger partial charge in [0.2, 0.25) is 5.95 Å². The average molecular weight is 297 g/mol. The molecule has 7 heteroatoms. The Bertz CT molecular complexity index is 828. The molecule has 3 rings (SSSR count). The van der Waals surface area contributed by atoms with Gasteiger partial charge in [-0.2, -0.15) is 0 Å². The number of carboxylic acid groups (broad SMARTS) is 1. The zero-order chi connectivity index (χ0) is 15.5. The van der Waals surface area contributed by atoms with Crippen molar-refractivity contribution in [1.82, 2.24) is 19.9 Å². The summed E-state index contributed by atoms with van der Waals surface area (Å²) in [4.78, 5) is 26.4. The highest BCUT2D eigenvalue weighted by Crippen LogP contribution is 2.27. The zero-order valence-electron chi connectivity index (χ0n) is 11.8. The third kappa shape index (κ3) is 2.88. The Kier molecular flexibility index (Phi) is 3.69. The number of aryl methyl sites for hydroxylation is 1. The van der Waals surface area contributed by atoms with Crippen molar-refractivity contribution in [3.8, 4) is 11.3 Å². The van der Waals surface area contributed by atoms with Gasteiger partial charge in [-0.15, -0.1) is 0 Å². The number of aliphatic carboxylic acids is 1. The van der Waals surface area contributed by atoms with E-state index in [9.17, 15) is 4.79 Å². The standard InChI is InChI=1S/C15H15N5O2/c16-15-19-9(3-1-5-13(21)22)7-12(20-15)11-8-18-14-10(11)4-2-6-17-14/h2,4,6-8H,1,3,5H2,(H,17,18)(H,21,22)(H2,16,19,20). The van der Waals surface area contributed by atoms with E-state index >= 15 is 0 Å². The molecule has 0 bridgehead atoms. The Morgan fingerprint density at radius 3 is 3.05 bits per heavy atom. The highest BCUT2D eigenvalue weighted by Gasteiger charge is 2.11. The summed E-state index contributed by atoms with van der Waals surface area (Å²) in [5.41, 5.74) is 8.90. The first-order chi connectivity index (χ1) is 10.6. The van der Waals surface area contributed by atoms with Crippen LogP contribution in [0.3, 0.4) is 0 Å². The third-order valence-electron chi connectivity index (χ3n) is 3.35. The molecule has 0 spiro atoms. The Labute approximate surface area is 126 Å². The number of carbonyl (C=O) groups is 1. The molecule has 22 heavy (non-hydrogen) atoms. The highest BCUT2D eigenvalue weighted by atomic mass is 16.4. The van der Waals surface area contributed by atoms with Crippen molar-refractivity contribution < 1.29 is 9.90 Å². The van der Waals surface area contributed by atoms with Gasteiger partial charge in [0.05, 0.1) is 5.69 Å². The molecule has 7 nitrogen and oxygen atoms in total. The third-order valence-corrected chi connectivity index (χ3v) is 3.35. The predicted octanol–water partition coefficient (Wildman–Crippen LogP) is 2.01. The lowest BCUT2D eigenvalue weighted by molar-refractivity contribution is -0.137. The van der Waals surface area contributed by atoms with Crippen LogP contribution in [-0.4, -0.2) is 31.0 Å². The molecular weight excluding hydrogens is 282 g/mol. The monoisotopic (exact) mass is 297 g/mol. The Hall–Kier alpha value is -2.96. The van der Waals surface area contributed by atoms with Crippen molar-refractivity contribution >= 4 is 23.0 Å². The van der Waals surface area contributed by atoms with Gasteiger partial charge in [-0.3, -0.25) is 4.79 Å². The number of nitrogens with two attached hydrogens (primary N) is 1. The molecule has 0 atom stereocenters. The molecule has 0 radical (unpaired) electrons. The minimum absolute atomic E-state index is 0.107. The molecule has 3 aromatic rings. The minimum Gasteiger partial charge on any atom is -0.481 e. The lowest BCUT2D eigenvalue weighted by Gasteiger charge is -2.05. The maximum absolute atomic E-state index is 10.6. The van der Waals surface area contributed by atoms with Crippen molar-refractivity contribution in [2.24, 2.45) is 0 Å². The number of hydrogen-bond acceptors (Lipinski definition) is 5. The predicted molar refractivity (Wildman–Crippen MR) is 82.1 cm³/mol. The Balaban J connectivity index is 1.93. The molecular formula is C15H15N5O2. The SMILES string of the molecule is Nc1nc(CCCC(=O)O)cc(-c2c[nH]c3ncccc23)n1. The fourth-order valence-corrected chi connectivity index (χ4v) is 2.37. The molecule has 3 aromatic heterocycles. The second-order valence-electron chi connectivity index (χ2n) is 4.95. The first-order valence-electron chi connectivity index (χ1n) is 6.91. The summed E-state index contributed by atoms with van der Waals surface area (Å²) >= 11 is 0. The number of nitrogen functional groups attached to an aromatic ring is 1. The molecule has 112 valence electrons. The van der Waals surface area contributed by atoms with Crippen molar-refractivity contribution in [3.63, 3.8) is 0 Å². The number of aromatic nitrogens is 4. The number of anilines is 1. The van der Waals surface area contributed by atoms with Crippen molar-refractivity contribution in [2.45, 2.75) is 19.3 Å². The van der Waals surface area contributed by atoms with Crippen LogP contribution in [-0.2, 0) is 11.2 Å². The van der Waals surface area contributed by atoms with E-state index in [1.165, 1.54) is 0 Å². The molecule has 0 unspecified atom stereocenters. The largest absolute Gasteiger partial charge is 0.481 e. The maximum atomic E-state index is 10.6. The smallest absolute Gasteiger partial charge is 0.303 e. The van der Waals surface area contributed by atoms with Gasteiger partial charge < -0.3 is 15.8 Å². The number of pyridine rings is 1. The van der Waals surface area contributed by atoms with E-state index in [1.807, 2.05) is 24.4 Å². The van der Waals surface area contributed by atoms with Crippen molar-refractivity contribution in [1.29, 1.82) is 0 Å². The molecule has 0 aliphatic heterocycles. The fraction of sp³-hybridized carbons (Fsp3) is 0.200.